The van der Waals surface area contributed by atoms with Gasteiger partial charge >= 0.3 is 0 Å². The molecule has 0 amide bonds. The summed E-state index contributed by atoms with van der Waals surface area (Å²) in [6.45, 7) is 1.96. The van der Waals surface area contributed by atoms with Crippen LogP contribution >= 0.6 is 11.8 Å². The van der Waals surface area contributed by atoms with Gasteiger partial charge in [-0.3, -0.25) is 4.79 Å². The van der Waals surface area contributed by atoms with Crippen molar-refractivity contribution in [3.8, 4) is 0 Å². The van der Waals surface area contributed by atoms with Crippen LogP contribution < -0.4 is 5.32 Å². The highest BCUT2D eigenvalue weighted by atomic mass is 32.2. The second-order valence-corrected chi connectivity index (χ2v) is 2.76. The van der Waals surface area contributed by atoms with E-state index in [1.54, 1.807) is 0 Å². The molecule has 0 spiro atoms. The van der Waals surface area contributed by atoms with Crippen LogP contribution in [0.4, 0.5) is 0 Å². The van der Waals surface area contributed by atoms with Gasteiger partial charge in [-0.2, -0.15) is 0 Å². The number of nitrogens with one attached hydrogen (secondary N) is 1. The standard InChI is InChI=1S/C4H9NS.CH2O2/c1-4-2-6-3-5-4;2-1-3/h4-5H,2-3H2,1H3;1H,(H,2,3). The average molecular weight is 149 g/mol. The van der Waals surface area contributed by atoms with Crippen molar-refractivity contribution in [3.63, 3.8) is 0 Å². The van der Waals surface area contributed by atoms with Crippen LogP contribution in [0.25, 0.3) is 0 Å². The van der Waals surface area contributed by atoms with Gasteiger partial charge < -0.3 is 10.4 Å². The van der Waals surface area contributed by atoms with Crippen molar-refractivity contribution in [2.45, 2.75) is 13.0 Å². The molecule has 0 bridgehead atoms. The van der Waals surface area contributed by atoms with E-state index in [4.69, 9.17) is 9.90 Å². The van der Waals surface area contributed by atoms with Gasteiger partial charge in [0.05, 0.1) is 0 Å². The molecule has 1 atom stereocenters. The van der Waals surface area contributed by atoms with Crippen LogP contribution in [0.2, 0.25) is 0 Å². The van der Waals surface area contributed by atoms with E-state index in [0.717, 1.165) is 11.9 Å². The molecule has 0 radical (unpaired) electrons. The predicted molar refractivity (Wildman–Crippen MR) is 38.6 cm³/mol. The molecule has 1 unspecified atom stereocenters. The van der Waals surface area contributed by atoms with Gasteiger partial charge in [0.25, 0.3) is 6.47 Å². The van der Waals surface area contributed by atoms with Crippen molar-refractivity contribution in [1.29, 1.82) is 0 Å². The monoisotopic (exact) mass is 149 g/mol. The van der Waals surface area contributed by atoms with E-state index in [1.165, 1.54) is 5.75 Å². The molecule has 1 fully saturated rings. The van der Waals surface area contributed by atoms with Crippen molar-refractivity contribution in [2.75, 3.05) is 11.6 Å². The maximum absolute atomic E-state index is 8.36. The molecule has 3 nitrogen and oxygen atoms in total. The third kappa shape index (κ3) is 5.65. The molecule has 0 aromatic heterocycles. The molecule has 1 rings (SSSR count). The van der Waals surface area contributed by atoms with Crippen molar-refractivity contribution < 1.29 is 9.90 Å². The molecule has 1 saturated heterocycles. The Labute approximate surface area is 58.8 Å². The SMILES string of the molecule is CC1CSCN1.O=CO. The molecular weight excluding hydrogens is 138 g/mol. The molecule has 2 N–H and O–H groups in total. The zero-order chi connectivity index (χ0) is 7.11. The minimum atomic E-state index is -0.250. The molecule has 1 heterocycles. The molecule has 0 aliphatic carbocycles. The van der Waals surface area contributed by atoms with Crippen molar-refractivity contribution in [1.82, 2.24) is 5.32 Å². The first kappa shape index (κ1) is 8.78. The maximum atomic E-state index is 8.36. The van der Waals surface area contributed by atoms with E-state index >= 15 is 0 Å². The van der Waals surface area contributed by atoms with E-state index < -0.39 is 0 Å². The number of rotatable bonds is 0. The van der Waals surface area contributed by atoms with Gasteiger partial charge in [-0.25, -0.2) is 0 Å². The Bertz CT molecular complexity index is 73.4. The second kappa shape index (κ2) is 5.91. The lowest BCUT2D eigenvalue weighted by atomic mass is 10.4. The molecule has 1 aliphatic rings. The van der Waals surface area contributed by atoms with Gasteiger partial charge in [0.2, 0.25) is 0 Å². The average Bonchev–Trinajstić information content (AvgIpc) is 2.20. The van der Waals surface area contributed by atoms with Crippen LogP contribution in [0.5, 0.6) is 0 Å². The van der Waals surface area contributed by atoms with Crippen molar-refractivity contribution >= 4 is 18.2 Å². The van der Waals surface area contributed by atoms with E-state index in [9.17, 15) is 0 Å². The zero-order valence-corrected chi connectivity index (χ0v) is 6.15. The molecule has 54 valence electrons. The summed E-state index contributed by atoms with van der Waals surface area (Å²) in [4.78, 5) is 8.36. The van der Waals surface area contributed by atoms with Crippen LogP contribution in [-0.2, 0) is 4.79 Å². The quantitative estimate of drug-likeness (QED) is 0.488. The molecule has 0 aromatic rings. The number of hydrogen-bond acceptors (Lipinski definition) is 3. The Hall–Kier alpha value is -0.220. The summed E-state index contributed by atoms with van der Waals surface area (Å²) in [7, 11) is 0. The molecule has 0 aromatic carbocycles. The highest BCUT2D eigenvalue weighted by Gasteiger charge is 2.05. The van der Waals surface area contributed by atoms with E-state index in [1.807, 2.05) is 11.8 Å². The first-order valence-corrected chi connectivity index (χ1v) is 3.85. The molecule has 4 heteroatoms. The van der Waals surface area contributed by atoms with Gasteiger partial charge in [-0.1, -0.05) is 0 Å². The van der Waals surface area contributed by atoms with Crippen LogP contribution in [0, 0.1) is 0 Å². The Kier molecular flexibility index (Phi) is 5.76. The summed E-state index contributed by atoms with van der Waals surface area (Å²) in [5.41, 5.74) is 0. The summed E-state index contributed by atoms with van der Waals surface area (Å²) in [6, 6.07) is 0.759. The highest BCUT2D eigenvalue weighted by molar-refractivity contribution is 7.99. The minimum Gasteiger partial charge on any atom is -0.483 e. The van der Waals surface area contributed by atoms with Crippen LogP contribution in [0.3, 0.4) is 0 Å². The van der Waals surface area contributed by atoms with Gasteiger partial charge in [-0.05, 0) is 6.92 Å². The summed E-state index contributed by atoms with van der Waals surface area (Å²) in [5, 5.41) is 10.2. The minimum absolute atomic E-state index is 0.250. The topological polar surface area (TPSA) is 49.3 Å². The lowest BCUT2D eigenvalue weighted by molar-refractivity contribution is -0.122. The first-order chi connectivity index (χ1) is 4.31. The molecule has 9 heavy (non-hydrogen) atoms. The highest BCUT2D eigenvalue weighted by Crippen LogP contribution is 2.07. The summed E-state index contributed by atoms with van der Waals surface area (Å²) < 4.78 is 0. The van der Waals surface area contributed by atoms with Gasteiger partial charge in [0, 0.05) is 17.7 Å². The van der Waals surface area contributed by atoms with E-state index in [0.29, 0.717) is 0 Å². The van der Waals surface area contributed by atoms with Crippen LogP contribution in [0.15, 0.2) is 0 Å². The van der Waals surface area contributed by atoms with Crippen LogP contribution in [-0.4, -0.2) is 29.3 Å². The fourth-order valence-corrected chi connectivity index (χ4v) is 1.49. The Morgan fingerprint density at radius 2 is 2.44 bits per heavy atom. The Morgan fingerprint density at radius 3 is 2.56 bits per heavy atom. The van der Waals surface area contributed by atoms with Gasteiger partial charge in [-0.15, -0.1) is 11.8 Å². The number of thioether (sulfide) groups is 1. The third-order valence-corrected chi connectivity index (χ3v) is 2.01. The van der Waals surface area contributed by atoms with E-state index in [2.05, 4.69) is 12.2 Å². The summed E-state index contributed by atoms with van der Waals surface area (Å²) >= 11 is 1.97. The van der Waals surface area contributed by atoms with Crippen LogP contribution in [0.1, 0.15) is 6.92 Å². The fraction of sp³-hybridized carbons (Fsp3) is 0.800. The summed E-state index contributed by atoms with van der Waals surface area (Å²) in [5.74, 6) is 2.45. The summed E-state index contributed by atoms with van der Waals surface area (Å²) in [6.07, 6.45) is 0. The molecule has 1 aliphatic heterocycles. The maximum Gasteiger partial charge on any atom is 0.290 e. The van der Waals surface area contributed by atoms with Gasteiger partial charge in [0.1, 0.15) is 0 Å². The van der Waals surface area contributed by atoms with Crippen molar-refractivity contribution in [2.24, 2.45) is 0 Å². The number of hydrogen-bond donors (Lipinski definition) is 2. The second-order valence-electron chi connectivity index (χ2n) is 1.73. The largest absolute Gasteiger partial charge is 0.483 e. The van der Waals surface area contributed by atoms with Crippen molar-refractivity contribution in [3.05, 3.63) is 0 Å². The fourth-order valence-electron chi connectivity index (χ4n) is 0.496. The predicted octanol–water partition coefficient (Wildman–Crippen LogP) is 0.370. The van der Waals surface area contributed by atoms with Gasteiger partial charge in [0.15, 0.2) is 0 Å². The Balaban J connectivity index is 0.000000187. The lowest BCUT2D eigenvalue weighted by Crippen LogP contribution is -2.18. The smallest absolute Gasteiger partial charge is 0.290 e. The van der Waals surface area contributed by atoms with E-state index in [-0.39, 0.29) is 6.47 Å². The first-order valence-electron chi connectivity index (χ1n) is 2.70. The third-order valence-electron chi connectivity index (χ3n) is 0.902. The zero-order valence-electron chi connectivity index (χ0n) is 5.33. The Morgan fingerprint density at radius 1 is 1.89 bits per heavy atom. The normalized spacial score (nSPS) is 24.3. The molecular formula is C5H11NO2S. The lowest BCUT2D eigenvalue weighted by Gasteiger charge is -1.93. The number of carboxylic acid groups (broad SMARTS) is 1. The molecule has 0 saturated carbocycles. The number of carbonyl (C=O) groups is 1.